The van der Waals surface area contributed by atoms with Gasteiger partial charge in [-0.15, -0.1) is 0 Å². The minimum absolute atomic E-state index is 0.302. The van der Waals surface area contributed by atoms with Crippen molar-refractivity contribution < 1.29 is 9.47 Å². The SMILES string of the molecule is CCOc1ccc(C)cc1C(Br)C1CCOC1C. The van der Waals surface area contributed by atoms with Crippen LogP contribution in [0.4, 0.5) is 0 Å². The molecule has 2 nitrogen and oxygen atoms in total. The van der Waals surface area contributed by atoms with Crippen molar-refractivity contribution in [1.29, 1.82) is 0 Å². The number of hydrogen-bond donors (Lipinski definition) is 0. The van der Waals surface area contributed by atoms with Gasteiger partial charge in [-0.1, -0.05) is 33.6 Å². The van der Waals surface area contributed by atoms with Gasteiger partial charge in [0, 0.05) is 22.9 Å². The molecule has 100 valence electrons. The van der Waals surface area contributed by atoms with E-state index in [4.69, 9.17) is 9.47 Å². The van der Waals surface area contributed by atoms with Gasteiger partial charge >= 0.3 is 0 Å². The largest absolute Gasteiger partial charge is 0.494 e. The predicted molar refractivity (Wildman–Crippen MR) is 77.5 cm³/mol. The molecule has 1 aromatic rings. The number of rotatable bonds is 4. The van der Waals surface area contributed by atoms with Crippen molar-refractivity contribution in [2.45, 2.75) is 38.1 Å². The fraction of sp³-hybridized carbons (Fsp3) is 0.600. The van der Waals surface area contributed by atoms with Crippen LogP contribution in [0.2, 0.25) is 0 Å². The van der Waals surface area contributed by atoms with E-state index in [9.17, 15) is 0 Å². The average molecular weight is 313 g/mol. The van der Waals surface area contributed by atoms with Gasteiger partial charge in [-0.3, -0.25) is 0 Å². The normalized spacial score (nSPS) is 25.1. The van der Waals surface area contributed by atoms with Gasteiger partial charge in [0.1, 0.15) is 5.75 Å². The molecule has 2 rings (SSSR count). The zero-order valence-electron chi connectivity index (χ0n) is 11.3. The Hall–Kier alpha value is -0.540. The van der Waals surface area contributed by atoms with E-state index in [1.54, 1.807) is 0 Å². The Balaban J connectivity index is 2.27. The summed E-state index contributed by atoms with van der Waals surface area (Å²) in [6.07, 6.45) is 1.42. The summed E-state index contributed by atoms with van der Waals surface area (Å²) in [6.45, 7) is 7.86. The third kappa shape index (κ3) is 2.89. The lowest BCUT2D eigenvalue weighted by atomic mass is 9.92. The van der Waals surface area contributed by atoms with Gasteiger partial charge in [-0.25, -0.2) is 0 Å². The maximum absolute atomic E-state index is 5.74. The minimum Gasteiger partial charge on any atom is -0.494 e. The summed E-state index contributed by atoms with van der Waals surface area (Å²) >= 11 is 3.85. The van der Waals surface area contributed by atoms with E-state index in [1.807, 2.05) is 6.92 Å². The molecular formula is C15H21BrO2. The first kappa shape index (κ1) is 13.9. The standard InChI is InChI=1S/C15H21BrO2/c1-4-17-14-6-5-10(2)9-13(14)15(16)12-7-8-18-11(12)3/h5-6,9,11-12,15H,4,7-8H2,1-3H3. The van der Waals surface area contributed by atoms with E-state index >= 15 is 0 Å². The molecular weight excluding hydrogens is 292 g/mol. The summed E-state index contributed by atoms with van der Waals surface area (Å²) in [5.74, 6) is 1.51. The zero-order valence-corrected chi connectivity index (χ0v) is 12.9. The van der Waals surface area contributed by atoms with Crippen molar-refractivity contribution in [2.75, 3.05) is 13.2 Å². The summed E-state index contributed by atoms with van der Waals surface area (Å²) in [4.78, 5) is 0.302. The van der Waals surface area contributed by atoms with E-state index in [2.05, 4.69) is 48.0 Å². The van der Waals surface area contributed by atoms with Crippen molar-refractivity contribution in [1.82, 2.24) is 0 Å². The first-order valence-corrected chi connectivity index (χ1v) is 7.54. The van der Waals surface area contributed by atoms with E-state index in [0.29, 0.717) is 23.5 Å². The number of benzene rings is 1. The van der Waals surface area contributed by atoms with Gasteiger partial charge in [0.25, 0.3) is 0 Å². The molecule has 0 aromatic heterocycles. The lowest BCUT2D eigenvalue weighted by Gasteiger charge is -2.23. The van der Waals surface area contributed by atoms with Gasteiger partial charge < -0.3 is 9.47 Å². The Morgan fingerprint density at radius 1 is 1.50 bits per heavy atom. The summed E-state index contributed by atoms with van der Waals surface area (Å²) in [5, 5.41) is 0. The fourth-order valence-corrected chi connectivity index (χ4v) is 3.59. The highest BCUT2D eigenvalue weighted by Gasteiger charge is 2.32. The number of halogens is 1. The highest BCUT2D eigenvalue weighted by molar-refractivity contribution is 9.09. The number of ether oxygens (including phenoxy) is 2. The van der Waals surface area contributed by atoms with Crippen LogP contribution in [0.3, 0.4) is 0 Å². The van der Waals surface area contributed by atoms with Gasteiger partial charge in [-0.2, -0.15) is 0 Å². The third-order valence-electron chi connectivity index (χ3n) is 3.57. The molecule has 1 aromatic carbocycles. The van der Waals surface area contributed by atoms with Crippen LogP contribution in [0.1, 0.15) is 36.2 Å². The Labute approximate surface area is 118 Å². The molecule has 0 bridgehead atoms. The summed E-state index contributed by atoms with van der Waals surface area (Å²) < 4.78 is 11.4. The highest BCUT2D eigenvalue weighted by atomic mass is 79.9. The molecule has 0 radical (unpaired) electrons. The first-order chi connectivity index (χ1) is 8.63. The Kier molecular flexibility index (Phi) is 4.68. The number of alkyl halides is 1. The lowest BCUT2D eigenvalue weighted by molar-refractivity contribution is 0.105. The van der Waals surface area contributed by atoms with Crippen LogP contribution in [-0.4, -0.2) is 19.3 Å². The van der Waals surface area contributed by atoms with E-state index in [0.717, 1.165) is 18.8 Å². The Morgan fingerprint density at radius 3 is 2.89 bits per heavy atom. The molecule has 1 aliphatic heterocycles. The molecule has 3 unspecified atom stereocenters. The molecule has 0 aliphatic carbocycles. The molecule has 18 heavy (non-hydrogen) atoms. The van der Waals surface area contributed by atoms with Crippen molar-refractivity contribution in [3.05, 3.63) is 29.3 Å². The van der Waals surface area contributed by atoms with Crippen LogP contribution in [0, 0.1) is 12.8 Å². The quantitative estimate of drug-likeness (QED) is 0.774. The highest BCUT2D eigenvalue weighted by Crippen LogP contribution is 2.43. The van der Waals surface area contributed by atoms with Gasteiger partial charge in [0.05, 0.1) is 12.7 Å². The summed E-state index contributed by atoms with van der Waals surface area (Å²) in [5.41, 5.74) is 2.52. The second-order valence-corrected chi connectivity index (χ2v) is 5.89. The lowest BCUT2D eigenvalue weighted by Crippen LogP contribution is -2.17. The molecule has 0 N–H and O–H groups in total. The van der Waals surface area contributed by atoms with Crippen molar-refractivity contribution in [3.63, 3.8) is 0 Å². The van der Waals surface area contributed by atoms with Crippen LogP contribution >= 0.6 is 15.9 Å². The maximum atomic E-state index is 5.74. The van der Waals surface area contributed by atoms with E-state index in [-0.39, 0.29) is 0 Å². The van der Waals surface area contributed by atoms with E-state index in [1.165, 1.54) is 11.1 Å². The molecule has 3 heteroatoms. The summed E-state index contributed by atoms with van der Waals surface area (Å²) in [7, 11) is 0. The molecule has 1 fully saturated rings. The average Bonchev–Trinajstić information content (AvgIpc) is 2.77. The second-order valence-electron chi connectivity index (χ2n) is 4.90. The molecule has 3 atom stereocenters. The van der Waals surface area contributed by atoms with Crippen molar-refractivity contribution in [3.8, 4) is 5.75 Å². The van der Waals surface area contributed by atoms with Gasteiger partial charge in [0.15, 0.2) is 0 Å². The molecule has 0 spiro atoms. The molecule has 1 heterocycles. The fourth-order valence-electron chi connectivity index (χ4n) is 2.53. The number of hydrogen-bond acceptors (Lipinski definition) is 2. The third-order valence-corrected chi connectivity index (χ3v) is 4.75. The van der Waals surface area contributed by atoms with Gasteiger partial charge in [-0.05, 0) is 33.3 Å². The van der Waals surface area contributed by atoms with E-state index < -0.39 is 0 Å². The Morgan fingerprint density at radius 2 is 2.28 bits per heavy atom. The zero-order chi connectivity index (χ0) is 13.1. The number of aryl methyl sites for hydroxylation is 1. The Bertz CT molecular complexity index is 405. The minimum atomic E-state index is 0.302. The monoisotopic (exact) mass is 312 g/mol. The maximum Gasteiger partial charge on any atom is 0.123 e. The smallest absolute Gasteiger partial charge is 0.123 e. The predicted octanol–water partition coefficient (Wildman–Crippen LogP) is 4.25. The van der Waals surface area contributed by atoms with Crippen LogP contribution in [0.15, 0.2) is 18.2 Å². The van der Waals surface area contributed by atoms with Crippen molar-refractivity contribution >= 4 is 15.9 Å². The van der Waals surface area contributed by atoms with Crippen LogP contribution < -0.4 is 4.74 Å². The van der Waals surface area contributed by atoms with Crippen molar-refractivity contribution in [2.24, 2.45) is 5.92 Å². The molecule has 0 saturated carbocycles. The molecule has 0 amide bonds. The van der Waals surface area contributed by atoms with Crippen LogP contribution in [0.25, 0.3) is 0 Å². The van der Waals surface area contributed by atoms with Gasteiger partial charge in [0.2, 0.25) is 0 Å². The summed E-state index contributed by atoms with van der Waals surface area (Å²) in [6, 6.07) is 6.39. The van der Waals surface area contributed by atoms with Crippen LogP contribution in [-0.2, 0) is 4.74 Å². The topological polar surface area (TPSA) is 18.5 Å². The molecule has 1 aliphatic rings. The second kappa shape index (κ2) is 6.07. The first-order valence-electron chi connectivity index (χ1n) is 6.62. The molecule has 1 saturated heterocycles. The van der Waals surface area contributed by atoms with Crippen LogP contribution in [0.5, 0.6) is 5.75 Å².